The summed E-state index contributed by atoms with van der Waals surface area (Å²) in [5.41, 5.74) is 1.13. The quantitative estimate of drug-likeness (QED) is 0.839. The second kappa shape index (κ2) is 5.18. The molecule has 1 heterocycles. The van der Waals surface area contributed by atoms with E-state index in [9.17, 15) is 4.79 Å². The van der Waals surface area contributed by atoms with Gasteiger partial charge in [0.05, 0.1) is 5.37 Å². The molecule has 0 saturated carbocycles. The Balaban J connectivity index is 1.92. The van der Waals surface area contributed by atoms with Crippen LogP contribution in [0.4, 0.5) is 0 Å². The summed E-state index contributed by atoms with van der Waals surface area (Å²) in [5.74, 6) is -0.151. The number of carboxylic acids is 1. The zero-order chi connectivity index (χ0) is 11.4. The average Bonchev–Trinajstić information content (AvgIpc) is 2.76. The molecule has 2 N–H and O–H groups in total. The Morgan fingerprint density at radius 1 is 1.44 bits per heavy atom. The van der Waals surface area contributed by atoms with Crippen LogP contribution in [0.5, 0.6) is 0 Å². The third-order valence-electron chi connectivity index (χ3n) is 2.37. The van der Waals surface area contributed by atoms with Crippen molar-refractivity contribution in [3.05, 3.63) is 42.0 Å². The van der Waals surface area contributed by atoms with Crippen LogP contribution in [0.2, 0.25) is 0 Å². The second-order valence-electron chi connectivity index (χ2n) is 3.58. The van der Waals surface area contributed by atoms with Gasteiger partial charge in [0.1, 0.15) is 6.04 Å². The second-order valence-corrected chi connectivity index (χ2v) is 4.76. The summed E-state index contributed by atoms with van der Waals surface area (Å²) in [4.78, 5) is 10.7. The molecule has 4 heteroatoms. The number of hydrogen-bond donors (Lipinski definition) is 2. The fourth-order valence-electron chi connectivity index (χ4n) is 1.51. The van der Waals surface area contributed by atoms with Gasteiger partial charge in [0.2, 0.25) is 0 Å². The fourth-order valence-corrected chi connectivity index (χ4v) is 2.60. The van der Waals surface area contributed by atoms with Gasteiger partial charge in [-0.15, -0.1) is 11.8 Å². The molecule has 3 nitrogen and oxygen atoms in total. The van der Waals surface area contributed by atoms with Crippen LogP contribution in [0.15, 0.2) is 36.4 Å². The molecular weight excluding hydrogens is 222 g/mol. The number of nitrogens with one attached hydrogen (secondary N) is 1. The third-order valence-corrected chi connectivity index (χ3v) is 3.55. The number of carbonyl (C=O) groups is 1. The Bertz CT molecular complexity index is 391. The molecule has 0 bridgehead atoms. The Hall–Kier alpha value is -1.26. The van der Waals surface area contributed by atoms with E-state index in [1.54, 1.807) is 11.8 Å². The van der Waals surface area contributed by atoms with Crippen molar-refractivity contribution in [2.24, 2.45) is 0 Å². The number of rotatable bonds is 3. The van der Waals surface area contributed by atoms with E-state index in [1.807, 2.05) is 42.5 Å². The molecule has 1 fully saturated rings. The molecule has 2 atom stereocenters. The van der Waals surface area contributed by atoms with Crippen molar-refractivity contribution in [1.29, 1.82) is 0 Å². The van der Waals surface area contributed by atoms with Gasteiger partial charge in [0.15, 0.2) is 0 Å². The van der Waals surface area contributed by atoms with Gasteiger partial charge in [-0.1, -0.05) is 42.5 Å². The molecule has 0 radical (unpaired) electrons. The summed E-state index contributed by atoms with van der Waals surface area (Å²) < 4.78 is 0. The highest BCUT2D eigenvalue weighted by molar-refractivity contribution is 8.00. The van der Waals surface area contributed by atoms with Gasteiger partial charge in [-0.25, -0.2) is 0 Å². The first-order valence-electron chi connectivity index (χ1n) is 5.09. The van der Waals surface area contributed by atoms with Crippen LogP contribution in [-0.2, 0) is 4.79 Å². The molecule has 1 aliphatic rings. The third kappa shape index (κ3) is 2.87. The lowest BCUT2D eigenvalue weighted by molar-refractivity contribution is -0.138. The van der Waals surface area contributed by atoms with Crippen LogP contribution >= 0.6 is 11.8 Å². The zero-order valence-electron chi connectivity index (χ0n) is 8.67. The maximum atomic E-state index is 10.7. The summed E-state index contributed by atoms with van der Waals surface area (Å²) in [5, 5.41) is 12.0. The van der Waals surface area contributed by atoms with Gasteiger partial charge in [-0.05, 0) is 5.56 Å². The molecule has 1 saturated heterocycles. The number of benzene rings is 1. The minimum atomic E-state index is -0.775. The summed E-state index contributed by atoms with van der Waals surface area (Å²) >= 11 is 1.62. The first-order valence-corrected chi connectivity index (χ1v) is 6.14. The van der Waals surface area contributed by atoms with Crippen molar-refractivity contribution < 1.29 is 9.90 Å². The highest BCUT2D eigenvalue weighted by Gasteiger charge is 2.27. The molecule has 1 aromatic rings. The van der Waals surface area contributed by atoms with Crippen LogP contribution < -0.4 is 5.32 Å². The molecule has 2 rings (SSSR count). The SMILES string of the molecule is O=C(O)[C@H]1CS[C@H](/C=C/c2ccccc2)N1. The van der Waals surface area contributed by atoms with Gasteiger partial charge < -0.3 is 5.11 Å². The van der Waals surface area contributed by atoms with Gasteiger partial charge in [-0.2, -0.15) is 0 Å². The highest BCUT2D eigenvalue weighted by atomic mass is 32.2. The predicted molar refractivity (Wildman–Crippen MR) is 66.3 cm³/mol. The lowest BCUT2D eigenvalue weighted by Gasteiger charge is -2.05. The summed E-state index contributed by atoms with van der Waals surface area (Å²) in [6, 6.07) is 9.55. The standard InChI is InChI=1S/C12H13NO2S/c14-12(15)10-8-16-11(13-10)7-6-9-4-2-1-3-5-9/h1-7,10-11,13H,8H2,(H,14,15)/b7-6+/t10-,11-/m1/s1. The van der Waals surface area contributed by atoms with Crippen LogP contribution in [-0.4, -0.2) is 28.2 Å². The van der Waals surface area contributed by atoms with E-state index in [1.165, 1.54) is 0 Å². The van der Waals surface area contributed by atoms with E-state index >= 15 is 0 Å². The van der Waals surface area contributed by atoms with Crippen molar-refractivity contribution in [3.8, 4) is 0 Å². The molecule has 1 aliphatic heterocycles. The Labute approximate surface area is 98.6 Å². The first kappa shape index (κ1) is 11.2. The van der Waals surface area contributed by atoms with Crippen molar-refractivity contribution >= 4 is 23.8 Å². The molecule has 0 unspecified atom stereocenters. The Morgan fingerprint density at radius 3 is 2.81 bits per heavy atom. The monoisotopic (exact) mass is 235 g/mol. The molecule has 84 valence electrons. The van der Waals surface area contributed by atoms with Gasteiger partial charge in [0, 0.05) is 5.75 Å². The molecule has 0 amide bonds. The highest BCUT2D eigenvalue weighted by Crippen LogP contribution is 2.20. The van der Waals surface area contributed by atoms with Gasteiger partial charge >= 0.3 is 5.97 Å². The van der Waals surface area contributed by atoms with Crippen molar-refractivity contribution in [2.45, 2.75) is 11.4 Å². The van der Waals surface area contributed by atoms with Crippen LogP contribution in [0.1, 0.15) is 5.56 Å². The van der Waals surface area contributed by atoms with E-state index in [4.69, 9.17) is 5.11 Å². The lowest BCUT2D eigenvalue weighted by Crippen LogP contribution is -2.35. The number of carboxylic acid groups (broad SMARTS) is 1. The maximum Gasteiger partial charge on any atom is 0.321 e. The normalized spacial score (nSPS) is 25.0. The van der Waals surface area contributed by atoms with E-state index in [2.05, 4.69) is 5.32 Å². The minimum absolute atomic E-state index is 0.0984. The van der Waals surface area contributed by atoms with Crippen molar-refractivity contribution in [3.63, 3.8) is 0 Å². The number of hydrogen-bond acceptors (Lipinski definition) is 3. The summed E-state index contributed by atoms with van der Waals surface area (Å²) in [6.45, 7) is 0. The van der Waals surface area contributed by atoms with E-state index in [0.29, 0.717) is 5.75 Å². The average molecular weight is 235 g/mol. The van der Waals surface area contributed by atoms with E-state index in [-0.39, 0.29) is 5.37 Å². The van der Waals surface area contributed by atoms with Crippen molar-refractivity contribution in [1.82, 2.24) is 5.32 Å². The smallest absolute Gasteiger partial charge is 0.321 e. The largest absolute Gasteiger partial charge is 0.480 e. The molecule has 1 aromatic carbocycles. The summed E-state index contributed by atoms with van der Waals surface area (Å²) in [7, 11) is 0. The van der Waals surface area contributed by atoms with Crippen LogP contribution in [0.25, 0.3) is 6.08 Å². The first-order chi connectivity index (χ1) is 7.75. The maximum absolute atomic E-state index is 10.7. The molecule has 16 heavy (non-hydrogen) atoms. The number of aliphatic carboxylic acids is 1. The Kier molecular flexibility index (Phi) is 3.64. The summed E-state index contributed by atoms with van der Waals surface area (Å²) in [6.07, 6.45) is 4.01. The fraction of sp³-hybridized carbons (Fsp3) is 0.250. The van der Waals surface area contributed by atoms with E-state index in [0.717, 1.165) is 5.56 Å². The molecular formula is C12H13NO2S. The van der Waals surface area contributed by atoms with E-state index < -0.39 is 12.0 Å². The van der Waals surface area contributed by atoms with Gasteiger partial charge in [0.25, 0.3) is 0 Å². The minimum Gasteiger partial charge on any atom is -0.480 e. The van der Waals surface area contributed by atoms with Crippen LogP contribution in [0.3, 0.4) is 0 Å². The molecule has 0 aliphatic carbocycles. The lowest BCUT2D eigenvalue weighted by atomic mass is 10.2. The number of thioether (sulfide) groups is 1. The molecule has 0 aromatic heterocycles. The van der Waals surface area contributed by atoms with Crippen LogP contribution in [0, 0.1) is 0 Å². The predicted octanol–water partition coefficient (Wildman–Crippen LogP) is 1.82. The topological polar surface area (TPSA) is 49.3 Å². The van der Waals surface area contributed by atoms with Crippen molar-refractivity contribution in [2.75, 3.05) is 5.75 Å². The van der Waals surface area contributed by atoms with Gasteiger partial charge in [-0.3, -0.25) is 10.1 Å². The Morgan fingerprint density at radius 2 is 2.19 bits per heavy atom. The molecule has 0 spiro atoms. The zero-order valence-corrected chi connectivity index (χ0v) is 9.48.